The predicted molar refractivity (Wildman–Crippen MR) is 112 cm³/mol. The van der Waals surface area contributed by atoms with Crippen LogP contribution in [0, 0.1) is 29.0 Å². The molecule has 33 heavy (non-hydrogen) atoms. The Hall–Kier alpha value is -2.29. The van der Waals surface area contributed by atoms with Gasteiger partial charge in [0.15, 0.2) is 6.04 Å². The first-order chi connectivity index (χ1) is 15.7. The summed E-state index contributed by atoms with van der Waals surface area (Å²) < 4.78 is 62.8. The Morgan fingerprint density at radius 2 is 1.88 bits per heavy atom. The number of hydrogen-bond donors (Lipinski definition) is 1. The summed E-state index contributed by atoms with van der Waals surface area (Å²) in [7, 11) is 0.420. The van der Waals surface area contributed by atoms with Gasteiger partial charge in [-0.2, -0.15) is 18.4 Å². The molecule has 5 rings (SSSR count). The Kier molecular flexibility index (Phi) is 5.38. The standard InChI is InChI=1S/C22H21F4N3O3S/c1-32-21-15(10-2-3-10)16-17-12(18(30)19(31)14(9-27)28-17)8-13(23)20(16)33(21)29-6-4-11(5-7-29)22(24,25)26/h8,10-11,14-15,28H,2-7H2,1H3. The second-order valence-corrected chi connectivity index (χ2v) is 10.7. The number of halogens is 4. The van der Waals surface area contributed by atoms with Crippen molar-refractivity contribution in [1.29, 1.82) is 5.26 Å². The van der Waals surface area contributed by atoms with E-state index >= 15 is 4.39 Å². The molecule has 11 heteroatoms. The third-order valence-corrected chi connectivity index (χ3v) is 9.32. The molecule has 3 atom stereocenters. The highest BCUT2D eigenvalue weighted by Gasteiger charge is 2.50. The summed E-state index contributed by atoms with van der Waals surface area (Å²) in [5, 5.41) is 12.8. The summed E-state index contributed by atoms with van der Waals surface area (Å²) in [4.78, 5) is 25.1. The number of anilines is 1. The van der Waals surface area contributed by atoms with Gasteiger partial charge >= 0.3 is 6.18 Å². The number of benzene rings is 1. The highest BCUT2D eigenvalue weighted by Crippen LogP contribution is 2.59. The largest absolute Gasteiger partial charge is 0.391 e. The van der Waals surface area contributed by atoms with Gasteiger partial charge in [-0.15, -0.1) is 0 Å². The molecule has 3 unspecified atom stereocenters. The number of nitriles is 1. The Morgan fingerprint density at radius 3 is 2.42 bits per heavy atom. The topological polar surface area (TPSA) is 82.4 Å². The van der Waals surface area contributed by atoms with Crippen LogP contribution in [0.25, 0.3) is 0 Å². The van der Waals surface area contributed by atoms with E-state index in [1.54, 1.807) is 6.07 Å². The van der Waals surface area contributed by atoms with E-state index in [0.29, 0.717) is 15.5 Å². The van der Waals surface area contributed by atoms with Crippen LogP contribution in [0.15, 0.2) is 11.0 Å². The molecule has 1 aromatic rings. The van der Waals surface area contributed by atoms with Crippen LogP contribution in [0.4, 0.5) is 23.2 Å². The molecule has 0 bridgehead atoms. The van der Waals surface area contributed by atoms with E-state index in [-0.39, 0.29) is 49.0 Å². The fourth-order valence-corrected chi connectivity index (χ4v) is 7.75. The number of ketones is 2. The lowest BCUT2D eigenvalue weighted by Gasteiger charge is -2.35. The molecule has 1 aromatic carbocycles. The van der Waals surface area contributed by atoms with E-state index in [1.165, 1.54) is 7.11 Å². The number of piperidine rings is 1. The fourth-order valence-electron chi connectivity index (χ4n) is 5.07. The zero-order valence-electron chi connectivity index (χ0n) is 17.7. The van der Waals surface area contributed by atoms with Crippen LogP contribution < -0.4 is 5.32 Å². The summed E-state index contributed by atoms with van der Waals surface area (Å²) in [6, 6.07) is 1.43. The minimum Gasteiger partial charge on any atom is -0.362 e. The Labute approximate surface area is 189 Å². The van der Waals surface area contributed by atoms with Crippen molar-refractivity contribution in [1.82, 2.24) is 4.31 Å². The monoisotopic (exact) mass is 483 g/mol. The number of Topliss-reactive ketones (excluding diaryl/α,β-unsaturated/α-hetero) is 2. The molecule has 3 aliphatic heterocycles. The van der Waals surface area contributed by atoms with Crippen molar-refractivity contribution in [3.63, 3.8) is 0 Å². The molecule has 1 saturated carbocycles. The predicted octanol–water partition coefficient (Wildman–Crippen LogP) is 4.00. The number of ether oxygens (including phenoxy) is 1. The maximum atomic E-state index is 15.6. The first-order valence-electron chi connectivity index (χ1n) is 10.7. The van der Waals surface area contributed by atoms with Crippen molar-refractivity contribution >= 4 is 33.0 Å². The van der Waals surface area contributed by atoms with Crippen LogP contribution >= 0.6 is 10.7 Å². The maximum absolute atomic E-state index is 15.6. The molecule has 176 valence electrons. The summed E-state index contributed by atoms with van der Waals surface area (Å²) in [5.41, 5.74) is 0.672. The molecule has 0 spiro atoms. The molecule has 0 aromatic heterocycles. The Balaban J connectivity index is 1.63. The first-order valence-corrected chi connectivity index (χ1v) is 11.9. The molecule has 3 heterocycles. The van der Waals surface area contributed by atoms with Crippen LogP contribution in [-0.4, -0.2) is 53.3 Å². The van der Waals surface area contributed by atoms with Crippen LogP contribution in [0.1, 0.15) is 47.5 Å². The Morgan fingerprint density at radius 1 is 1.21 bits per heavy atom. The Bertz CT molecular complexity index is 1130. The molecule has 1 N–H and O–H groups in total. The molecule has 1 saturated heterocycles. The van der Waals surface area contributed by atoms with Gasteiger partial charge in [-0.3, -0.25) is 13.9 Å². The van der Waals surface area contributed by atoms with Crippen molar-refractivity contribution in [2.45, 2.75) is 48.7 Å². The molecular weight excluding hydrogens is 462 g/mol. The van der Waals surface area contributed by atoms with Gasteiger partial charge in [0, 0.05) is 31.7 Å². The van der Waals surface area contributed by atoms with E-state index in [4.69, 9.17) is 4.74 Å². The number of carbonyl (C=O) groups is 2. The van der Waals surface area contributed by atoms with E-state index in [2.05, 4.69) is 5.32 Å². The molecular formula is C22H21F4N3O3S. The van der Waals surface area contributed by atoms with E-state index in [0.717, 1.165) is 18.9 Å². The second kappa shape index (κ2) is 7.89. The zero-order valence-corrected chi connectivity index (χ0v) is 18.5. The van der Waals surface area contributed by atoms with Crippen molar-refractivity contribution in [2.24, 2.45) is 11.8 Å². The SMILES string of the molecule is COC1=S(N2CCC(C(F)(F)F)CC2)c2c(F)cc3c(c2C1C1CC1)NC(C#N)C(=O)C3=O. The first kappa shape index (κ1) is 22.5. The number of nitrogens with one attached hydrogen (secondary N) is 1. The lowest BCUT2D eigenvalue weighted by molar-refractivity contribution is -0.182. The fraction of sp³-hybridized carbons (Fsp3) is 0.545. The lowest BCUT2D eigenvalue weighted by Crippen LogP contribution is -2.40. The molecule has 6 nitrogen and oxygen atoms in total. The van der Waals surface area contributed by atoms with Crippen LogP contribution in [-0.2, 0) is 9.53 Å². The summed E-state index contributed by atoms with van der Waals surface area (Å²) >= 11 is 0. The third kappa shape index (κ3) is 3.50. The third-order valence-electron chi connectivity index (χ3n) is 6.84. The van der Waals surface area contributed by atoms with Gasteiger partial charge in [0.1, 0.15) is 10.9 Å². The number of nitrogens with zero attached hydrogens (tertiary/aromatic N) is 2. The second-order valence-electron chi connectivity index (χ2n) is 8.79. The average molecular weight is 483 g/mol. The number of rotatable bonds is 2. The van der Waals surface area contributed by atoms with Crippen LogP contribution in [0.2, 0.25) is 0 Å². The van der Waals surface area contributed by atoms with Gasteiger partial charge in [0.05, 0.1) is 28.1 Å². The number of methoxy groups -OCH3 is 1. The maximum Gasteiger partial charge on any atom is 0.391 e. The molecule has 2 fully saturated rings. The van der Waals surface area contributed by atoms with Gasteiger partial charge in [0.2, 0.25) is 11.6 Å². The van der Waals surface area contributed by atoms with Gasteiger partial charge in [-0.1, -0.05) is 10.7 Å². The van der Waals surface area contributed by atoms with Crippen molar-refractivity contribution < 1.29 is 31.9 Å². The van der Waals surface area contributed by atoms with Gasteiger partial charge in [-0.05, 0) is 37.7 Å². The summed E-state index contributed by atoms with van der Waals surface area (Å²) in [6.07, 6.45) is -2.70. The highest BCUT2D eigenvalue weighted by molar-refractivity contribution is 8.14. The molecule has 4 aliphatic rings. The van der Waals surface area contributed by atoms with E-state index in [9.17, 15) is 28.0 Å². The summed E-state index contributed by atoms with van der Waals surface area (Å²) in [6.45, 7) is 0.276. The minimum absolute atomic E-state index is 0.0816. The van der Waals surface area contributed by atoms with Crippen molar-refractivity contribution in [3.8, 4) is 6.07 Å². The number of carbonyl (C=O) groups excluding carboxylic acids is 2. The van der Waals surface area contributed by atoms with E-state index < -0.39 is 46.2 Å². The van der Waals surface area contributed by atoms with E-state index in [1.807, 2.05) is 4.31 Å². The lowest BCUT2D eigenvalue weighted by atomic mass is 9.86. The van der Waals surface area contributed by atoms with Crippen molar-refractivity contribution in [3.05, 3.63) is 23.0 Å². The number of alkyl halides is 3. The van der Waals surface area contributed by atoms with Gasteiger partial charge < -0.3 is 10.1 Å². The number of hydrogen-bond acceptors (Lipinski definition) is 6. The average Bonchev–Trinajstić information content (AvgIpc) is 3.56. The van der Waals surface area contributed by atoms with Crippen LogP contribution in [0.3, 0.4) is 0 Å². The summed E-state index contributed by atoms with van der Waals surface area (Å²) in [5.74, 6) is -4.13. The molecule has 0 radical (unpaired) electrons. The zero-order chi connectivity index (χ0) is 23.7. The van der Waals surface area contributed by atoms with Crippen LogP contribution in [0.5, 0.6) is 0 Å². The molecule has 1 aliphatic carbocycles. The number of fused-ring (bicyclic) bond motifs is 3. The smallest absolute Gasteiger partial charge is 0.362 e. The normalized spacial score (nSPS) is 28.4. The van der Waals surface area contributed by atoms with Gasteiger partial charge in [-0.25, -0.2) is 4.39 Å². The minimum atomic E-state index is -4.26. The quantitative estimate of drug-likeness (QED) is 0.389. The highest BCUT2D eigenvalue weighted by atomic mass is 32.2. The van der Waals surface area contributed by atoms with Crippen molar-refractivity contribution in [2.75, 3.05) is 25.5 Å². The molecule has 0 amide bonds. The van der Waals surface area contributed by atoms with Gasteiger partial charge in [0.25, 0.3) is 0 Å².